The van der Waals surface area contributed by atoms with Crippen molar-refractivity contribution in [2.45, 2.75) is 17.4 Å². The van der Waals surface area contributed by atoms with Crippen LogP contribution in [0.2, 0.25) is 8.67 Å². The zero-order valence-corrected chi connectivity index (χ0v) is 12.2. The molecule has 1 atom stereocenters. The van der Waals surface area contributed by atoms with Crippen molar-refractivity contribution in [1.29, 1.82) is 0 Å². The Morgan fingerprint density at radius 3 is 2.42 bits per heavy atom. The van der Waals surface area contributed by atoms with Crippen LogP contribution < -0.4 is 10.5 Å². The van der Waals surface area contributed by atoms with Gasteiger partial charge in [-0.05, 0) is 6.07 Å². The molecule has 19 heavy (non-hydrogen) atoms. The lowest BCUT2D eigenvalue weighted by molar-refractivity contribution is -0.140. The van der Waals surface area contributed by atoms with E-state index in [2.05, 4.69) is 0 Å². The fraction of sp³-hybridized carbons (Fsp3) is 0.250. The number of rotatable bonds is 6. The van der Waals surface area contributed by atoms with Gasteiger partial charge in [-0.2, -0.15) is 4.72 Å². The molecule has 1 amide bonds. The molecule has 11 heteroatoms. The van der Waals surface area contributed by atoms with Gasteiger partial charge in [0.25, 0.3) is 0 Å². The third-order valence-corrected chi connectivity index (χ3v) is 5.14. The molecule has 0 aliphatic carbocycles. The Bertz CT molecular complexity index is 613. The molecule has 0 aliphatic heterocycles. The number of amides is 1. The second-order valence-corrected chi connectivity index (χ2v) is 7.34. The number of aliphatic carboxylic acids is 1. The van der Waals surface area contributed by atoms with Gasteiger partial charge >= 0.3 is 5.97 Å². The van der Waals surface area contributed by atoms with E-state index in [1.54, 1.807) is 0 Å². The number of nitrogens with one attached hydrogen (secondary N) is 1. The van der Waals surface area contributed by atoms with Crippen LogP contribution in [0.4, 0.5) is 0 Å². The Hall–Kier alpha value is -0.870. The monoisotopic (exact) mass is 346 g/mol. The van der Waals surface area contributed by atoms with Gasteiger partial charge in [-0.15, -0.1) is 11.3 Å². The highest BCUT2D eigenvalue weighted by molar-refractivity contribution is 7.89. The molecule has 4 N–H and O–H groups in total. The Balaban J connectivity index is 3.04. The number of carbonyl (C=O) groups excluding carboxylic acids is 1. The van der Waals surface area contributed by atoms with E-state index in [0.29, 0.717) is 0 Å². The molecule has 0 spiro atoms. The first kappa shape index (κ1) is 16.2. The van der Waals surface area contributed by atoms with Gasteiger partial charge in [-0.25, -0.2) is 8.42 Å². The number of thiophene rings is 1. The molecular formula is C8H8Cl2N2O5S2. The number of nitrogens with two attached hydrogens (primary N) is 1. The van der Waals surface area contributed by atoms with Crippen molar-refractivity contribution >= 4 is 56.4 Å². The number of hydrogen-bond acceptors (Lipinski definition) is 5. The van der Waals surface area contributed by atoms with Gasteiger partial charge in [0, 0.05) is 0 Å². The highest BCUT2D eigenvalue weighted by Crippen LogP contribution is 2.34. The van der Waals surface area contributed by atoms with Crippen LogP contribution in [-0.2, 0) is 19.6 Å². The van der Waals surface area contributed by atoms with Crippen LogP contribution in [0, 0.1) is 0 Å². The molecule has 0 unspecified atom stereocenters. The molecule has 0 saturated heterocycles. The largest absolute Gasteiger partial charge is 0.480 e. The van der Waals surface area contributed by atoms with Crippen molar-refractivity contribution in [2.75, 3.05) is 0 Å². The average Bonchev–Trinajstić information content (AvgIpc) is 2.56. The van der Waals surface area contributed by atoms with Crippen LogP contribution in [0.25, 0.3) is 0 Å². The Kier molecular flexibility index (Phi) is 5.16. The second kappa shape index (κ2) is 6.06. The minimum Gasteiger partial charge on any atom is -0.480 e. The minimum atomic E-state index is -4.20. The summed E-state index contributed by atoms with van der Waals surface area (Å²) in [6.45, 7) is 0. The number of carbonyl (C=O) groups is 2. The summed E-state index contributed by atoms with van der Waals surface area (Å²) in [5.41, 5.74) is 4.84. The number of hydrogen-bond donors (Lipinski definition) is 3. The van der Waals surface area contributed by atoms with Crippen molar-refractivity contribution in [1.82, 2.24) is 4.72 Å². The zero-order chi connectivity index (χ0) is 14.8. The lowest BCUT2D eigenvalue weighted by Crippen LogP contribution is -2.43. The summed E-state index contributed by atoms with van der Waals surface area (Å²) in [7, 11) is -4.20. The van der Waals surface area contributed by atoms with Crippen LogP contribution >= 0.6 is 34.5 Å². The van der Waals surface area contributed by atoms with Gasteiger partial charge in [0.15, 0.2) is 0 Å². The van der Waals surface area contributed by atoms with Crippen LogP contribution in [0.3, 0.4) is 0 Å². The first-order chi connectivity index (χ1) is 8.63. The third-order valence-electron chi connectivity index (χ3n) is 1.92. The number of primary amides is 1. The van der Waals surface area contributed by atoms with Crippen LogP contribution in [0.5, 0.6) is 0 Å². The standard InChI is InChI=1S/C8H8Cl2N2O5S2/c9-5-2-4(7(10)18-5)19(16,17)12-3(8(14)15)1-6(11)13/h2-3,12H,1H2,(H2,11,13)(H,14,15)/t3-/m1/s1. The maximum Gasteiger partial charge on any atom is 0.322 e. The highest BCUT2D eigenvalue weighted by atomic mass is 35.5. The normalized spacial score (nSPS) is 13.2. The van der Waals surface area contributed by atoms with Crippen molar-refractivity contribution < 1.29 is 23.1 Å². The first-order valence-corrected chi connectivity index (χ1v) is 7.67. The van der Waals surface area contributed by atoms with Gasteiger partial charge in [0.05, 0.1) is 10.8 Å². The van der Waals surface area contributed by atoms with Gasteiger partial charge in [0.2, 0.25) is 15.9 Å². The van der Waals surface area contributed by atoms with Crippen molar-refractivity contribution in [3.05, 3.63) is 14.7 Å². The molecule has 1 aromatic heterocycles. The summed E-state index contributed by atoms with van der Waals surface area (Å²) in [4.78, 5) is 21.2. The molecule has 7 nitrogen and oxygen atoms in total. The van der Waals surface area contributed by atoms with Crippen LogP contribution in [-0.4, -0.2) is 31.4 Å². The van der Waals surface area contributed by atoms with Gasteiger partial charge in [0.1, 0.15) is 15.3 Å². The Morgan fingerprint density at radius 2 is 2.05 bits per heavy atom. The summed E-state index contributed by atoms with van der Waals surface area (Å²) >= 11 is 12.1. The van der Waals surface area contributed by atoms with E-state index in [1.807, 2.05) is 4.72 Å². The van der Waals surface area contributed by atoms with Crippen LogP contribution in [0.15, 0.2) is 11.0 Å². The molecular weight excluding hydrogens is 339 g/mol. The van der Waals surface area contributed by atoms with Gasteiger partial charge < -0.3 is 10.8 Å². The van der Waals surface area contributed by atoms with Gasteiger partial charge in [-0.1, -0.05) is 23.2 Å². The smallest absolute Gasteiger partial charge is 0.322 e. The molecule has 1 heterocycles. The van der Waals surface area contributed by atoms with Crippen LogP contribution in [0.1, 0.15) is 6.42 Å². The van der Waals surface area contributed by atoms with E-state index in [9.17, 15) is 18.0 Å². The number of carboxylic acids is 1. The molecule has 0 bridgehead atoms. The highest BCUT2D eigenvalue weighted by Gasteiger charge is 2.29. The molecule has 0 saturated carbocycles. The molecule has 106 valence electrons. The Morgan fingerprint density at radius 1 is 1.47 bits per heavy atom. The SMILES string of the molecule is NC(=O)C[C@@H](NS(=O)(=O)c1cc(Cl)sc1Cl)C(=O)O. The maximum atomic E-state index is 11.9. The fourth-order valence-corrected chi connectivity index (χ4v) is 4.48. The van der Waals surface area contributed by atoms with Crippen molar-refractivity contribution in [3.8, 4) is 0 Å². The van der Waals surface area contributed by atoms with E-state index in [-0.39, 0.29) is 13.6 Å². The van der Waals surface area contributed by atoms with E-state index < -0.39 is 34.4 Å². The first-order valence-electron chi connectivity index (χ1n) is 4.61. The molecule has 1 aromatic rings. The summed E-state index contributed by atoms with van der Waals surface area (Å²) in [6, 6.07) is -0.586. The lowest BCUT2D eigenvalue weighted by atomic mass is 10.2. The molecule has 1 rings (SSSR count). The molecule has 0 aliphatic rings. The zero-order valence-electron chi connectivity index (χ0n) is 9.09. The van der Waals surface area contributed by atoms with Crippen molar-refractivity contribution in [2.24, 2.45) is 5.73 Å². The lowest BCUT2D eigenvalue weighted by Gasteiger charge is -2.12. The fourth-order valence-electron chi connectivity index (χ4n) is 1.14. The summed E-state index contributed by atoms with van der Waals surface area (Å²) < 4.78 is 25.7. The molecule has 0 radical (unpaired) electrons. The van der Waals surface area contributed by atoms with Gasteiger partial charge in [-0.3, -0.25) is 9.59 Å². The Labute approximate surface area is 122 Å². The molecule has 0 aromatic carbocycles. The van der Waals surface area contributed by atoms with E-state index in [0.717, 1.165) is 17.4 Å². The quantitative estimate of drug-likeness (QED) is 0.697. The topological polar surface area (TPSA) is 127 Å². The van der Waals surface area contributed by atoms with E-state index >= 15 is 0 Å². The second-order valence-electron chi connectivity index (χ2n) is 3.37. The summed E-state index contributed by atoms with van der Waals surface area (Å²) in [5.74, 6) is -2.48. The maximum absolute atomic E-state index is 11.9. The summed E-state index contributed by atoms with van der Waals surface area (Å²) in [5, 5.41) is 8.82. The number of carboxylic acid groups (broad SMARTS) is 1. The number of halogens is 2. The predicted octanol–water partition coefficient (Wildman–Crippen LogP) is 0.662. The van der Waals surface area contributed by atoms with E-state index in [1.165, 1.54) is 0 Å². The number of sulfonamides is 1. The predicted molar refractivity (Wildman–Crippen MR) is 69.9 cm³/mol. The van der Waals surface area contributed by atoms with E-state index in [4.69, 9.17) is 34.0 Å². The molecule has 0 fully saturated rings. The average molecular weight is 347 g/mol. The summed E-state index contributed by atoms with van der Waals surface area (Å²) in [6.07, 6.45) is -0.677. The minimum absolute atomic E-state index is 0.110. The third kappa shape index (κ3) is 4.32. The van der Waals surface area contributed by atoms with Crippen molar-refractivity contribution in [3.63, 3.8) is 0 Å².